The molecule has 1 aromatic carbocycles. The summed E-state index contributed by atoms with van der Waals surface area (Å²) in [6.07, 6.45) is 2.86. The SMILES string of the molecule is O=C(C1CCC1)N1C[C@@H]2CN(Cc3ccc(F)cc3F)C[C@]2(C(=O)O)C1. The highest BCUT2D eigenvalue weighted by Gasteiger charge is 2.58. The number of likely N-dealkylation sites (tertiary alicyclic amines) is 2. The quantitative estimate of drug-likeness (QED) is 0.889. The van der Waals surface area contributed by atoms with Crippen LogP contribution >= 0.6 is 0 Å². The molecule has 1 aromatic rings. The monoisotopic (exact) mass is 364 g/mol. The van der Waals surface area contributed by atoms with Gasteiger partial charge in [-0.25, -0.2) is 8.78 Å². The van der Waals surface area contributed by atoms with Crippen molar-refractivity contribution >= 4 is 11.9 Å². The van der Waals surface area contributed by atoms with E-state index in [-0.39, 0.29) is 37.4 Å². The molecule has 0 spiro atoms. The van der Waals surface area contributed by atoms with Crippen LogP contribution in [0.25, 0.3) is 0 Å². The van der Waals surface area contributed by atoms with Crippen molar-refractivity contribution in [2.45, 2.75) is 25.8 Å². The fourth-order valence-corrected chi connectivity index (χ4v) is 4.56. The van der Waals surface area contributed by atoms with Crippen molar-refractivity contribution < 1.29 is 23.5 Å². The van der Waals surface area contributed by atoms with Crippen molar-refractivity contribution in [1.82, 2.24) is 9.80 Å². The highest BCUT2D eigenvalue weighted by atomic mass is 19.1. The summed E-state index contributed by atoms with van der Waals surface area (Å²) in [7, 11) is 0. The third-order valence-corrected chi connectivity index (χ3v) is 6.28. The molecule has 0 bridgehead atoms. The first-order chi connectivity index (χ1) is 12.4. The molecule has 140 valence electrons. The van der Waals surface area contributed by atoms with Gasteiger partial charge in [0.15, 0.2) is 0 Å². The largest absolute Gasteiger partial charge is 0.481 e. The summed E-state index contributed by atoms with van der Waals surface area (Å²) in [5.74, 6) is -2.16. The van der Waals surface area contributed by atoms with E-state index in [0.29, 0.717) is 18.7 Å². The maximum absolute atomic E-state index is 13.9. The third-order valence-electron chi connectivity index (χ3n) is 6.28. The Labute approximate surface area is 150 Å². The lowest BCUT2D eigenvalue weighted by Crippen LogP contribution is -2.44. The van der Waals surface area contributed by atoms with E-state index in [9.17, 15) is 23.5 Å². The van der Waals surface area contributed by atoms with Crippen molar-refractivity contribution in [1.29, 1.82) is 0 Å². The molecule has 3 aliphatic rings. The molecule has 0 radical (unpaired) electrons. The molecule has 2 saturated heterocycles. The fraction of sp³-hybridized carbons (Fsp3) is 0.579. The van der Waals surface area contributed by atoms with Gasteiger partial charge < -0.3 is 10.0 Å². The van der Waals surface area contributed by atoms with E-state index in [0.717, 1.165) is 25.3 Å². The minimum absolute atomic E-state index is 0.0593. The smallest absolute Gasteiger partial charge is 0.313 e. The summed E-state index contributed by atoms with van der Waals surface area (Å²) < 4.78 is 27.0. The number of benzene rings is 1. The van der Waals surface area contributed by atoms with Gasteiger partial charge in [0, 0.05) is 56.2 Å². The Kier molecular flexibility index (Phi) is 4.22. The lowest BCUT2D eigenvalue weighted by Gasteiger charge is -2.31. The Bertz CT molecular complexity index is 752. The van der Waals surface area contributed by atoms with E-state index < -0.39 is 23.0 Å². The lowest BCUT2D eigenvalue weighted by molar-refractivity contribution is -0.149. The molecule has 7 heteroatoms. The molecular weight excluding hydrogens is 342 g/mol. The lowest BCUT2D eigenvalue weighted by atomic mass is 9.81. The molecule has 26 heavy (non-hydrogen) atoms. The Hall–Kier alpha value is -2.02. The van der Waals surface area contributed by atoms with Gasteiger partial charge in [0.25, 0.3) is 0 Å². The molecule has 1 saturated carbocycles. The van der Waals surface area contributed by atoms with Crippen LogP contribution in [-0.2, 0) is 16.1 Å². The summed E-state index contributed by atoms with van der Waals surface area (Å²) >= 11 is 0. The van der Waals surface area contributed by atoms with E-state index in [1.165, 1.54) is 12.1 Å². The van der Waals surface area contributed by atoms with Crippen molar-refractivity contribution in [3.05, 3.63) is 35.4 Å². The minimum atomic E-state index is -0.990. The highest BCUT2D eigenvalue weighted by molar-refractivity contribution is 5.83. The second-order valence-electron chi connectivity index (χ2n) is 7.91. The number of amides is 1. The summed E-state index contributed by atoms with van der Waals surface area (Å²) in [5, 5.41) is 9.87. The topological polar surface area (TPSA) is 60.9 Å². The number of hydrogen-bond donors (Lipinski definition) is 1. The normalized spacial score (nSPS) is 28.8. The zero-order valence-electron chi connectivity index (χ0n) is 14.5. The number of carbonyl (C=O) groups excluding carboxylic acids is 1. The Balaban J connectivity index is 1.48. The summed E-state index contributed by atoms with van der Waals surface area (Å²) in [4.78, 5) is 28.2. The molecule has 3 fully saturated rings. The van der Waals surface area contributed by atoms with Gasteiger partial charge in [0.1, 0.15) is 17.0 Å². The fourth-order valence-electron chi connectivity index (χ4n) is 4.56. The average molecular weight is 364 g/mol. The molecule has 5 nitrogen and oxygen atoms in total. The first kappa shape index (κ1) is 17.4. The van der Waals surface area contributed by atoms with Gasteiger partial charge >= 0.3 is 5.97 Å². The van der Waals surface area contributed by atoms with Gasteiger partial charge in [0.05, 0.1) is 0 Å². The molecule has 1 amide bonds. The van der Waals surface area contributed by atoms with Crippen molar-refractivity contribution in [3.63, 3.8) is 0 Å². The zero-order valence-corrected chi connectivity index (χ0v) is 14.5. The van der Waals surface area contributed by atoms with E-state index in [1.807, 2.05) is 4.90 Å². The molecule has 4 rings (SSSR count). The number of rotatable bonds is 4. The highest BCUT2D eigenvalue weighted by Crippen LogP contribution is 2.44. The van der Waals surface area contributed by atoms with E-state index >= 15 is 0 Å². The Morgan fingerprint density at radius 3 is 2.54 bits per heavy atom. The molecule has 1 aliphatic carbocycles. The van der Waals surface area contributed by atoms with Crippen molar-refractivity contribution in [2.75, 3.05) is 26.2 Å². The van der Waals surface area contributed by atoms with Gasteiger partial charge in [-0.15, -0.1) is 0 Å². The Morgan fingerprint density at radius 1 is 1.19 bits per heavy atom. The van der Waals surface area contributed by atoms with Gasteiger partial charge in [-0.3, -0.25) is 14.5 Å². The number of hydrogen-bond acceptors (Lipinski definition) is 3. The number of fused-ring (bicyclic) bond motifs is 1. The number of carboxylic acid groups (broad SMARTS) is 1. The van der Waals surface area contributed by atoms with Crippen LogP contribution in [0.2, 0.25) is 0 Å². The Morgan fingerprint density at radius 2 is 1.96 bits per heavy atom. The van der Waals surface area contributed by atoms with Crippen molar-refractivity contribution in [2.24, 2.45) is 17.3 Å². The van der Waals surface area contributed by atoms with Crippen LogP contribution in [-0.4, -0.2) is 53.0 Å². The van der Waals surface area contributed by atoms with E-state index in [4.69, 9.17) is 0 Å². The summed E-state index contributed by atoms with van der Waals surface area (Å²) in [6, 6.07) is 3.46. The second kappa shape index (κ2) is 6.30. The van der Waals surface area contributed by atoms with E-state index in [1.54, 1.807) is 4.90 Å². The predicted molar refractivity (Wildman–Crippen MR) is 89.1 cm³/mol. The molecule has 1 N–H and O–H groups in total. The summed E-state index contributed by atoms with van der Waals surface area (Å²) in [6.45, 7) is 1.69. The van der Waals surface area contributed by atoms with Gasteiger partial charge in [-0.1, -0.05) is 12.5 Å². The first-order valence-corrected chi connectivity index (χ1v) is 9.07. The number of halogens is 2. The predicted octanol–water partition coefficient (Wildman–Crippen LogP) is 2.11. The number of nitrogens with zero attached hydrogens (tertiary/aromatic N) is 2. The zero-order chi connectivity index (χ0) is 18.5. The van der Waals surface area contributed by atoms with Gasteiger partial charge in [-0.05, 0) is 18.9 Å². The number of carboxylic acids is 1. The first-order valence-electron chi connectivity index (χ1n) is 9.07. The molecule has 0 unspecified atom stereocenters. The second-order valence-corrected chi connectivity index (χ2v) is 7.91. The van der Waals surface area contributed by atoms with Crippen LogP contribution in [0, 0.1) is 28.9 Å². The standard InChI is InChI=1S/C19H22F2N2O3/c20-15-5-4-13(16(21)6-15)7-22-8-14-9-23(17(24)12-2-1-3-12)11-19(14,10-22)18(25)26/h4-6,12,14H,1-3,7-11H2,(H,25,26)/t14-,19-/m0/s1. The van der Waals surface area contributed by atoms with Gasteiger partial charge in [-0.2, -0.15) is 0 Å². The minimum Gasteiger partial charge on any atom is -0.481 e. The van der Waals surface area contributed by atoms with Gasteiger partial charge in [0.2, 0.25) is 5.91 Å². The van der Waals surface area contributed by atoms with Crippen LogP contribution in [0.3, 0.4) is 0 Å². The number of carbonyl (C=O) groups is 2. The molecule has 2 aliphatic heterocycles. The van der Waals surface area contributed by atoms with Crippen LogP contribution in [0.1, 0.15) is 24.8 Å². The molecule has 2 atom stereocenters. The van der Waals surface area contributed by atoms with Crippen LogP contribution < -0.4 is 0 Å². The molecular formula is C19H22F2N2O3. The number of aliphatic carboxylic acids is 1. The van der Waals surface area contributed by atoms with Crippen LogP contribution in [0.5, 0.6) is 0 Å². The molecule has 2 heterocycles. The van der Waals surface area contributed by atoms with Crippen LogP contribution in [0.15, 0.2) is 18.2 Å². The van der Waals surface area contributed by atoms with Crippen LogP contribution in [0.4, 0.5) is 8.78 Å². The molecule has 0 aromatic heterocycles. The summed E-state index contributed by atoms with van der Waals surface area (Å²) in [5.41, 5.74) is -0.634. The maximum atomic E-state index is 13.9. The average Bonchev–Trinajstić information content (AvgIpc) is 3.03. The third kappa shape index (κ3) is 2.78. The van der Waals surface area contributed by atoms with E-state index in [2.05, 4.69) is 0 Å². The van der Waals surface area contributed by atoms with Crippen molar-refractivity contribution in [3.8, 4) is 0 Å². The maximum Gasteiger partial charge on any atom is 0.313 e.